The molecule has 2 bridgehead atoms. The lowest BCUT2D eigenvalue weighted by molar-refractivity contribution is -0.171. The molecule has 0 radical (unpaired) electrons. The number of halogens is 1. The van der Waals surface area contributed by atoms with E-state index in [9.17, 15) is 4.79 Å². The number of carbonyl (C=O) groups is 1. The summed E-state index contributed by atoms with van der Waals surface area (Å²) < 4.78 is 13.6. The fourth-order valence-electron chi connectivity index (χ4n) is 10.7. The molecule has 5 aromatic rings. The van der Waals surface area contributed by atoms with Crippen LogP contribution in [-0.4, -0.2) is 24.7 Å². The van der Waals surface area contributed by atoms with Gasteiger partial charge in [-0.2, -0.15) is 0 Å². The van der Waals surface area contributed by atoms with Crippen LogP contribution in [0.15, 0.2) is 140 Å². The van der Waals surface area contributed by atoms with Crippen molar-refractivity contribution in [2.24, 2.45) is 17.3 Å². The largest absolute Gasteiger partial charge is 0.444 e. The third kappa shape index (κ3) is 9.48. The highest BCUT2D eigenvalue weighted by molar-refractivity contribution is 6.31. The molecule has 1 N–H and O–H groups in total. The van der Waals surface area contributed by atoms with Crippen LogP contribution in [0.2, 0.25) is 5.02 Å². The first-order valence-corrected chi connectivity index (χ1v) is 23.7. The topological polar surface area (TPSA) is 47.6 Å². The summed E-state index contributed by atoms with van der Waals surface area (Å²) in [5, 5.41) is 4.13. The fraction of sp³-hybridized carbons (Fsp3) is 0.421. The molecule has 2 saturated carbocycles. The second kappa shape index (κ2) is 19.0. The van der Waals surface area contributed by atoms with Gasteiger partial charge >= 0.3 is 5.97 Å². The summed E-state index contributed by atoms with van der Waals surface area (Å²) in [4.78, 5) is 14.8. The van der Waals surface area contributed by atoms with Gasteiger partial charge in [-0.3, -0.25) is 4.79 Å². The van der Waals surface area contributed by atoms with Gasteiger partial charge in [-0.15, -0.1) is 0 Å². The monoisotopic (exact) mass is 847 g/mol. The standard InChI is InChI=1S/C57H66ClNO3/c1-40(29-36-51-49-24-11-9-22-47(49)48-23-10-12-25-50(48)51)59-38-37-56(4,5)61-39-55(2,3)54(60)62-57(44-20-7-6-8-21-44,52-27-13-14-28-53(52)58)45-34-32-43(33-35-45)46-26-16-18-41-17-15-19-42(46)31-30-41/h6-14,20-25,27-28,32-35,41-42,46,51,59H,1,15-19,26,29-31,36-39H2,2-5H3/t41-,42?,46?,57?/m0/s1. The number of rotatable bonds is 16. The minimum Gasteiger partial charge on any atom is -0.444 e. The zero-order valence-electron chi connectivity index (χ0n) is 37.4. The van der Waals surface area contributed by atoms with E-state index in [4.69, 9.17) is 21.1 Å². The minimum absolute atomic E-state index is 0.191. The first-order valence-electron chi connectivity index (χ1n) is 23.3. The SMILES string of the molecule is C=C(CCC1c2ccccc2-c2ccccc21)NCCC(C)(C)OCC(C)(C)C(=O)OC(c1ccccc1)(c1ccc(C2CCC[C@@H]3CCCC2CC3)cc1)c1ccccc1Cl. The smallest absolute Gasteiger partial charge is 0.315 e. The third-order valence-corrected chi connectivity index (χ3v) is 14.8. The Morgan fingerprint density at radius 3 is 2.02 bits per heavy atom. The van der Waals surface area contributed by atoms with E-state index in [1.165, 1.54) is 79.2 Å². The second-order valence-corrected chi connectivity index (χ2v) is 20.1. The highest BCUT2D eigenvalue weighted by atomic mass is 35.5. The van der Waals surface area contributed by atoms with Crippen molar-refractivity contribution in [2.75, 3.05) is 13.2 Å². The van der Waals surface area contributed by atoms with Gasteiger partial charge in [0.15, 0.2) is 5.60 Å². The predicted molar refractivity (Wildman–Crippen MR) is 255 cm³/mol. The summed E-state index contributed by atoms with van der Waals surface area (Å²) in [6.07, 6.45) is 13.3. The van der Waals surface area contributed by atoms with E-state index < -0.39 is 16.6 Å². The molecule has 4 nitrogen and oxygen atoms in total. The lowest BCUT2D eigenvalue weighted by Crippen LogP contribution is -2.43. The van der Waals surface area contributed by atoms with Crippen molar-refractivity contribution in [2.45, 2.75) is 121 Å². The summed E-state index contributed by atoms with van der Waals surface area (Å²) in [7, 11) is 0. The zero-order chi connectivity index (χ0) is 43.3. The summed E-state index contributed by atoms with van der Waals surface area (Å²) in [5.41, 5.74) is 7.64. The van der Waals surface area contributed by atoms with Gasteiger partial charge in [0.2, 0.25) is 0 Å². The highest BCUT2D eigenvalue weighted by Gasteiger charge is 2.46. The van der Waals surface area contributed by atoms with Crippen molar-refractivity contribution < 1.29 is 14.3 Å². The van der Waals surface area contributed by atoms with E-state index in [1.54, 1.807) is 0 Å². The number of ether oxygens (including phenoxy) is 2. The molecular formula is C57H66ClNO3. The van der Waals surface area contributed by atoms with Crippen molar-refractivity contribution >= 4 is 17.6 Å². The Morgan fingerprint density at radius 2 is 1.32 bits per heavy atom. The minimum atomic E-state index is -1.29. The number of carbonyl (C=O) groups excluding carboxylic acids is 1. The second-order valence-electron chi connectivity index (χ2n) is 19.7. The highest BCUT2D eigenvalue weighted by Crippen LogP contribution is 2.49. The molecule has 3 aliphatic rings. The van der Waals surface area contributed by atoms with Gasteiger partial charge in [0.25, 0.3) is 0 Å². The van der Waals surface area contributed by atoms with Crippen molar-refractivity contribution in [1.29, 1.82) is 0 Å². The quantitative estimate of drug-likeness (QED) is 0.0794. The summed E-state index contributed by atoms with van der Waals surface area (Å²) in [6, 6.07) is 44.4. The molecule has 0 spiro atoms. The maximum atomic E-state index is 14.8. The van der Waals surface area contributed by atoms with Gasteiger partial charge in [-0.05, 0) is 118 Å². The van der Waals surface area contributed by atoms with Gasteiger partial charge < -0.3 is 14.8 Å². The molecule has 0 aromatic heterocycles. The molecule has 8 rings (SSSR count). The Labute approximate surface area is 376 Å². The summed E-state index contributed by atoms with van der Waals surface area (Å²) in [6.45, 7) is 13.3. The third-order valence-electron chi connectivity index (χ3n) is 14.4. The van der Waals surface area contributed by atoms with Gasteiger partial charge in [0, 0.05) is 39.9 Å². The first-order chi connectivity index (χ1) is 29.9. The van der Waals surface area contributed by atoms with Gasteiger partial charge in [0.05, 0.1) is 17.6 Å². The van der Waals surface area contributed by atoms with Crippen LogP contribution in [0.4, 0.5) is 0 Å². The van der Waals surface area contributed by atoms with Crippen LogP contribution in [0, 0.1) is 17.3 Å². The van der Waals surface area contributed by atoms with E-state index in [0.29, 0.717) is 16.9 Å². The molecule has 0 amide bonds. The Morgan fingerprint density at radius 1 is 0.710 bits per heavy atom. The normalized spacial score (nSPS) is 19.9. The van der Waals surface area contributed by atoms with Gasteiger partial charge in [-0.1, -0.05) is 172 Å². The van der Waals surface area contributed by atoms with Gasteiger partial charge in [0.1, 0.15) is 0 Å². The first kappa shape index (κ1) is 44.0. The lowest BCUT2D eigenvalue weighted by Gasteiger charge is -2.39. The molecule has 62 heavy (non-hydrogen) atoms. The van der Waals surface area contributed by atoms with Crippen LogP contribution < -0.4 is 5.32 Å². The Hall–Kier alpha value is -4.64. The molecule has 0 heterocycles. The average molecular weight is 849 g/mol. The van der Waals surface area contributed by atoms with Crippen LogP contribution in [0.25, 0.3) is 11.1 Å². The Balaban J connectivity index is 0.951. The van der Waals surface area contributed by atoms with Gasteiger partial charge in [-0.25, -0.2) is 0 Å². The van der Waals surface area contributed by atoms with E-state index in [2.05, 4.69) is 98.5 Å². The number of hydrogen-bond donors (Lipinski definition) is 1. The van der Waals surface area contributed by atoms with E-state index in [0.717, 1.165) is 60.0 Å². The molecule has 2 fully saturated rings. The number of allylic oxidation sites excluding steroid dienone is 1. The zero-order valence-corrected chi connectivity index (χ0v) is 38.2. The Bertz CT molecular complexity index is 2270. The number of hydrogen-bond acceptors (Lipinski definition) is 4. The van der Waals surface area contributed by atoms with Crippen molar-refractivity contribution in [1.82, 2.24) is 5.32 Å². The van der Waals surface area contributed by atoms with Crippen LogP contribution >= 0.6 is 11.6 Å². The number of esters is 1. The molecule has 5 heteroatoms. The maximum absolute atomic E-state index is 14.8. The molecular weight excluding hydrogens is 782 g/mol. The van der Waals surface area contributed by atoms with E-state index >= 15 is 0 Å². The molecule has 3 aliphatic carbocycles. The molecule has 0 saturated heterocycles. The van der Waals surface area contributed by atoms with Crippen LogP contribution in [0.5, 0.6) is 0 Å². The lowest BCUT2D eigenvalue weighted by atomic mass is 9.75. The van der Waals surface area contributed by atoms with E-state index in [-0.39, 0.29) is 12.6 Å². The van der Waals surface area contributed by atoms with Crippen LogP contribution in [-0.2, 0) is 19.9 Å². The number of nitrogens with one attached hydrogen (secondary N) is 1. The predicted octanol–water partition coefficient (Wildman–Crippen LogP) is 14.5. The van der Waals surface area contributed by atoms with Crippen LogP contribution in [0.3, 0.4) is 0 Å². The summed E-state index contributed by atoms with van der Waals surface area (Å²) >= 11 is 7.11. The number of benzene rings is 5. The molecule has 3 unspecified atom stereocenters. The molecule has 0 aliphatic heterocycles. The number of fused-ring (bicyclic) bond motifs is 6. The van der Waals surface area contributed by atoms with Crippen molar-refractivity contribution in [3.63, 3.8) is 0 Å². The Kier molecular flexibility index (Phi) is 13.5. The molecule has 4 atom stereocenters. The molecule has 5 aromatic carbocycles. The maximum Gasteiger partial charge on any atom is 0.315 e. The van der Waals surface area contributed by atoms with Crippen molar-refractivity contribution in [3.05, 3.63) is 178 Å². The fourth-order valence-corrected chi connectivity index (χ4v) is 11.0. The molecule has 324 valence electrons. The van der Waals surface area contributed by atoms with E-state index in [1.807, 2.05) is 68.4 Å². The van der Waals surface area contributed by atoms with Crippen molar-refractivity contribution in [3.8, 4) is 11.1 Å². The summed E-state index contributed by atoms with van der Waals surface area (Å²) in [5.74, 6) is 2.22. The average Bonchev–Trinajstić information content (AvgIpc) is 3.47. The van der Waals surface area contributed by atoms with Crippen LogP contribution in [0.1, 0.15) is 144 Å².